The lowest BCUT2D eigenvalue weighted by Crippen LogP contribution is -2.58. The number of guanidine groups is 1. The van der Waals surface area contributed by atoms with Crippen LogP contribution >= 0.6 is 0 Å². The molecule has 0 aliphatic heterocycles. The Labute approximate surface area is 225 Å². The molecular weight excluding hydrogens is 514 g/mol. The fourth-order valence-corrected chi connectivity index (χ4v) is 3.46. The number of carbonyl (C=O) groups is 5. The van der Waals surface area contributed by atoms with E-state index >= 15 is 0 Å². The van der Waals surface area contributed by atoms with Crippen LogP contribution in [0.2, 0.25) is 0 Å². The van der Waals surface area contributed by atoms with Gasteiger partial charge in [-0.05, 0) is 32.2 Å². The van der Waals surface area contributed by atoms with Gasteiger partial charge in [-0.3, -0.25) is 24.2 Å². The molecule has 0 saturated carbocycles. The van der Waals surface area contributed by atoms with Crippen molar-refractivity contribution >= 4 is 35.6 Å². The van der Waals surface area contributed by atoms with Gasteiger partial charge in [0.1, 0.15) is 18.1 Å². The predicted molar refractivity (Wildman–Crippen MR) is 140 cm³/mol. The molecule has 1 aromatic rings. The molecule has 0 saturated heterocycles. The van der Waals surface area contributed by atoms with Crippen molar-refractivity contribution in [2.75, 3.05) is 13.1 Å². The van der Waals surface area contributed by atoms with E-state index in [1.807, 2.05) is 0 Å². The van der Waals surface area contributed by atoms with Crippen LogP contribution in [0.3, 0.4) is 0 Å². The third kappa shape index (κ3) is 13.2. The summed E-state index contributed by atoms with van der Waals surface area (Å²) in [6.45, 7) is 0.578. The summed E-state index contributed by atoms with van der Waals surface area (Å²) >= 11 is 0. The lowest BCUT2D eigenvalue weighted by atomic mass is 10.1. The van der Waals surface area contributed by atoms with Crippen molar-refractivity contribution in [3.05, 3.63) is 18.2 Å². The van der Waals surface area contributed by atoms with Crippen molar-refractivity contribution in [3.63, 3.8) is 0 Å². The van der Waals surface area contributed by atoms with E-state index in [9.17, 15) is 29.1 Å². The number of carboxylic acid groups (broad SMARTS) is 1. The number of aromatic nitrogens is 2. The molecule has 0 aliphatic rings. The van der Waals surface area contributed by atoms with Crippen molar-refractivity contribution < 1.29 is 29.1 Å². The quantitative estimate of drug-likeness (QED) is 0.0445. The Kier molecular flexibility index (Phi) is 14.5. The maximum Gasteiger partial charge on any atom is 0.326 e. The standard InChI is InChI=1S/C22H39N11O6/c23-6-2-1-4-13(24)18(35)32-15(8-12-10-28-11-30-12)19(36)33-16(9-17(25)34)20(37)31-14(21(38)39)5-3-7-29-22(26)27/h10-11,13-16H,1-9,23-24H2,(H2,25,34)(H,28,30)(H,31,37)(H,32,35)(H,33,36)(H,38,39)(H4,26,27,29). The highest BCUT2D eigenvalue weighted by molar-refractivity contribution is 5.96. The number of primary amides is 1. The number of nitrogens with two attached hydrogens (primary N) is 5. The SMILES string of the molecule is NCCCCC(N)C(=O)NC(Cc1cnc[nH]1)C(=O)NC(CC(N)=O)C(=O)NC(CCCN=C(N)N)C(=O)O. The van der Waals surface area contributed by atoms with E-state index < -0.39 is 60.2 Å². The van der Waals surface area contributed by atoms with Crippen molar-refractivity contribution in [2.24, 2.45) is 33.7 Å². The Morgan fingerprint density at radius 1 is 0.923 bits per heavy atom. The second-order valence-electron chi connectivity index (χ2n) is 8.81. The Balaban J connectivity index is 2.99. The molecule has 0 fully saturated rings. The number of hydrogen-bond donors (Lipinski definition) is 10. The molecule has 17 heteroatoms. The van der Waals surface area contributed by atoms with Crippen molar-refractivity contribution in [1.82, 2.24) is 25.9 Å². The molecule has 1 heterocycles. The number of carboxylic acids is 1. The van der Waals surface area contributed by atoms with E-state index in [1.165, 1.54) is 12.5 Å². The third-order valence-corrected chi connectivity index (χ3v) is 5.52. The maximum absolute atomic E-state index is 13.2. The van der Waals surface area contributed by atoms with Gasteiger partial charge >= 0.3 is 5.97 Å². The second kappa shape index (κ2) is 17.3. The molecule has 0 spiro atoms. The average Bonchev–Trinajstić information content (AvgIpc) is 3.37. The Morgan fingerprint density at radius 2 is 1.56 bits per heavy atom. The zero-order valence-corrected chi connectivity index (χ0v) is 21.6. The number of imidazole rings is 1. The first-order valence-electron chi connectivity index (χ1n) is 12.3. The fraction of sp³-hybridized carbons (Fsp3) is 0.591. The van der Waals surface area contributed by atoms with Crippen molar-refractivity contribution in [3.8, 4) is 0 Å². The van der Waals surface area contributed by atoms with Gasteiger partial charge in [-0.2, -0.15) is 0 Å². The Bertz CT molecular complexity index is 981. The number of hydrogen-bond acceptors (Lipinski definition) is 9. The lowest BCUT2D eigenvalue weighted by molar-refractivity contribution is -0.142. The van der Waals surface area contributed by atoms with Gasteiger partial charge in [-0.25, -0.2) is 9.78 Å². The number of nitrogens with one attached hydrogen (secondary N) is 4. The van der Waals surface area contributed by atoms with Crippen molar-refractivity contribution in [1.29, 1.82) is 0 Å². The number of aliphatic imine (C=N–C) groups is 1. The first-order valence-corrected chi connectivity index (χ1v) is 12.3. The molecule has 0 bridgehead atoms. The van der Waals surface area contributed by atoms with Crippen LogP contribution in [-0.4, -0.2) is 87.9 Å². The smallest absolute Gasteiger partial charge is 0.326 e. The summed E-state index contributed by atoms with van der Waals surface area (Å²) in [6, 6.07) is -5.00. The van der Waals surface area contributed by atoms with Gasteiger partial charge in [0.25, 0.3) is 0 Å². The highest BCUT2D eigenvalue weighted by Crippen LogP contribution is 2.05. The summed E-state index contributed by atoms with van der Waals surface area (Å²) in [7, 11) is 0. The molecule has 0 aromatic carbocycles. The number of H-pyrrole nitrogens is 1. The van der Waals surface area contributed by atoms with Gasteiger partial charge in [0, 0.05) is 24.9 Å². The number of nitrogens with zero attached hydrogens (tertiary/aromatic N) is 2. The van der Waals surface area contributed by atoms with E-state index in [0.29, 0.717) is 31.5 Å². The summed E-state index contributed by atoms with van der Waals surface area (Å²) in [5.41, 5.74) is 27.6. The molecule has 1 aromatic heterocycles. The van der Waals surface area contributed by atoms with Crippen LogP contribution in [0.1, 0.15) is 44.2 Å². The van der Waals surface area contributed by atoms with Gasteiger partial charge in [0.2, 0.25) is 23.6 Å². The number of aliphatic carboxylic acids is 1. The second-order valence-corrected chi connectivity index (χ2v) is 8.81. The number of amides is 4. The molecule has 218 valence electrons. The van der Waals surface area contributed by atoms with Gasteiger partial charge in [-0.1, -0.05) is 6.42 Å². The fourth-order valence-electron chi connectivity index (χ4n) is 3.46. The molecule has 4 unspecified atom stereocenters. The van der Waals surface area contributed by atoms with E-state index in [2.05, 4.69) is 30.9 Å². The van der Waals surface area contributed by atoms with E-state index in [0.717, 1.165) is 0 Å². The zero-order valence-electron chi connectivity index (χ0n) is 21.6. The maximum atomic E-state index is 13.2. The highest BCUT2D eigenvalue weighted by atomic mass is 16.4. The minimum atomic E-state index is -1.52. The lowest BCUT2D eigenvalue weighted by Gasteiger charge is -2.24. The summed E-state index contributed by atoms with van der Waals surface area (Å²) < 4.78 is 0. The van der Waals surface area contributed by atoms with Crippen LogP contribution in [0.15, 0.2) is 17.5 Å². The summed E-state index contributed by atoms with van der Waals surface area (Å²) in [6.07, 6.45) is 3.99. The first kappa shape index (κ1) is 32.8. The number of aromatic amines is 1. The predicted octanol–water partition coefficient (Wildman–Crippen LogP) is -4.12. The Morgan fingerprint density at radius 3 is 2.13 bits per heavy atom. The molecule has 0 aliphatic carbocycles. The number of carbonyl (C=O) groups excluding carboxylic acids is 4. The molecular formula is C22H39N11O6. The average molecular weight is 554 g/mol. The highest BCUT2D eigenvalue weighted by Gasteiger charge is 2.31. The van der Waals surface area contributed by atoms with Crippen LogP contribution in [0.5, 0.6) is 0 Å². The number of rotatable bonds is 19. The number of unbranched alkanes of at least 4 members (excludes halogenated alkanes) is 1. The van der Waals surface area contributed by atoms with Gasteiger partial charge in [-0.15, -0.1) is 0 Å². The van der Waals surface area contributed by atoms with E-state index in [4.69, 9.17) is 28.7 Å². The van der Waals surface area contributed by atoms with Crippen LogP contribution in [0.4, 0.5) is 0 Å². The van der Waals surface area contributed by atoms with Crippen molar-refractivity contribution in [2.45, 2.75) is 69.1 Å². The van der Waals surface area contributed by atoms with Crippen LogP contribution in [0.25, 0.3) is 0 Å². The minimum absolute atomic E-state index is 0.0321. The van der Waals surface area contributed by atoms with E-state index in [1.54, 1.807) is 0 Å². The zero-order chi connectivity index (χ0) is 29.4. The molecule has 1 rings (SSSR count). The monoisotopic (exact) mass is 553 g/mol. The summed E-state index contributed by atoms with van der Waals surface area (Å²) in [5, 5.41) is 16.7. The molecule has 39 heavy (non-hydrogen) atoms. The normalized spacial score (nSPS) is 13.8. The molecule has 15 N–H and O–H groups in total. The first-order chi connectivity index (χ1) is 18.4. The van der Waals surface area contributed by atoms with Crippen LogP contribution < -0.4 is 44.6 Å². The van der Waals surface area contributed by atoms with Gasteiger partial charge in [0.15, 0.2) is 5.96 Å². The van der Waals surface area contributed by atoms with Crippen LogP contribution in [-0.2, 0) is 30.4 Å². The molecule has 0 radical (unpaired) electrons. The van der Waals surface area contributed by atoms with Gasteiger partial charge < -0.3 is 54.7 Å². The topological polar surface area (TPSA) is 313 Å². The Hall–Kier alpha value is -4.25. The molecule has 4 amide bonds. The largest absolute Gasteiger partial charge is 0.480 e. The minimum Gasteiger partial charge on any atom is -0.480 e. The summed E-state index contributed by atoms with van der Waals surface area (Å²) in [4.78, 5) is 72.4. The van der Waals surface area contributed by atoms with E-state index in [-0.39, 0.29) is 31.8 Å². The molecule has 4 atom stereocenters. The molecule has 17 nitrogen and oxygen atoms in total. The van der Waals surface area contributed by atoms with Gasteiger partial charge in [0.05, 0.1) is 18.8 Å². The van der Waals surface area contributed by atoms with Crippen LogP contribution in [0, 0.1) is 0 Å². The summed E-state index contributed by atoms with van der Waals surface area (Å²) in [5.74, 6) is -4.82. The third-order valence-electron chi connectivity index (χ3n) is 5.52.